The van der Waals surface area contributed by atoms with Gasteiger partial charge in [0, 0.05) is 18.0 Å². The molecule has 3 rings (SSSR count). The zero-order chi connectivity index (χ0) is 20.1. The minimum atomic E-state index is -0.269. The maximum atomic E-state index is 12.5. The van der Waals surface area contributed by atoms with E-state index in [-0.39, 0.29) is 5.91 Å². The molecular weight excluding hydrogens is 354 g/mol. The van der Waals surface area contributed by atoms with Gasteiger partial charge in [0.1, 0.15) is 17.3 Å². The number of aryl methyl sites for hydroxylation is 1. The predicted molar refractivity (Wildman–Crippen MR) is 111 cm³/mol. The number of carbonyl (C=O) groups is 1. The van der Waals surface area contributed by atoms with Crippen molar-refractivity contribution in [3.63, 3.8) is 0 Å². The van der Waals surface area contributed by atoms with Gasteiger partial charge in [-0.15, -0.1) is 0 Å². The number of nitrogens with zero attached hydrogens (tertiary/aromatic N) is 1. The number of ether oxygens (including phenoxy) is 2. The molecule has 2 N–H and O–H groups in total. The molecule has 0 atom stereocenters. The van der Waals surface area contributed by atoms with Gasteiger partial charge in [-0.3, -0.25) is 4.79 Å². The normalized spacial score (nSPS) is 10.3. The second-order valence-electron chi connectivity index (χ2n) is 6.32. The van der Waals surface area contributed by atoms with Crippen LogP contribution in [0.4, 0.5) is 17.2 Å². The molecule has 0 bridgehead atoms. The van der Waals surface area contributed by atoms with Crippen LogP contribution in [-0.4, -0.2) is 25.1 Å². The number of hydrogen-bond acceptors (Lipinski definition) is 5. The largest absolute Gasteiger partial charge is 0.497 e. The summed E-state index contributed by atoms with van der Waals surface area (Å²) in [6.45, 7) is 4.12. The summed E-state index contributed by atoms with van der Waals surface area (Å²) in [6.07, 6.45) is 1.54. The number of amides is 1. The number of rotatable bonds is 6. The highest BCUT2D eigenvalue weighted by atomic mass is 16.5. The van der Waals surface area contributed by atoms with Crippen LogP contribution in [0.5, 0.6) is 11.5 Å². The van der Waals surface area contributed by atoms with Crippen molar-refractivity contribution in [3.8, 4) is 11.5 Å². The highest BCUT2D eigenvalue weighted by Gasteiger charge is 2.11. The quantitative estimate of drug-likeness (QED) is 0.651. The van der Waals surface area contributed by atoms with Crippen molar-refractivity contribution in [1.82, 2.24) is 4.98 Å². The minimum absolute atomic E-state index is 0.269. The molecule has 3 aromatic rings. The summed E-state index contributed by atoms with van der Waals surface area (Å²) in [5, 5.41) is 6.12. The van der Waals surface area contributed by atoms with E-state index < -0.39 is 0 Å². The van der Waals surface area contributed by atoms with Gasteiger partial charge in [-0.2, -0.15) is 0 Å². The Morgan fingerprint density at radius 3 is 2.46 bits per heavy atom. The van der Waals surface area contributed by atoms with Gasteiger partial charge in [-0.25, -0.2) is 4.98 Å². The van der Waals surface area contributed by atoms with E-state index in [9.17, 15) is 4.79 Å². The zero-order valence-corrected chi connectivity index (χ0v) is 16.4. The van der Waals surface area contributed by atoms with Gasteiger partial charge in [0.05, 0.1) is 25.5 Å². The van der Waals surface area contributed by atoms with Crippen LogP contribution in [0.15, 0.2) is 54.7 Å². The molecule has 144 valence electrons. The van der Waals surface area contributed by atoms with Gasteiger partial charge in [-0.1, -0.05) is 12.1 Å². The summed E-state index contributed by atoms with van der Waals surface area (Å²) in [5.41, 5.74) is 4.37. The SMILES string of the molecule is COc1ccc(NC(=O)c2ccc(Nc3cccc(C)c3C)nc2)c(OC)c1. The fourth-order valence-electron chi connectivity index (χ4n) is 2.72. The summed E-state index contributed by atoms with van der Waals surface area (Å²) >= 11 is 0. The van der Waals surface area contributed by atoms with E-state index in [0.29, 0.717) is 28.6 Å². The molecule has 0 aliphatic carbocycles. The van der Waals surface area contributed by atoms with Crippen LogP contribution in [0, 0.1) is 13.8 Å². The van der Waals surface area contributed by atoms with E-state index in [1.165, 1.54) is 5.56 Å². The molecular formula is C22H23N3O3. The number of carbonyl (C=O) groups excluding carboxylic acids is 1. The van der Waals surface area contributed by atoms with E-state index in [1.807, 2.05) is 12.1 Å². The highest BCUT2D eigenvalue weighted by Crippen LogP contribution is 2.29. The van der Waals surface area contributed by atoms with Crippen LogP contribution in [0.2, 0.25) is 0 Å². The average molecular weight is 377 g/mol. The molecule has 1 amide bonds. The van der Waals surface area contributed by atoms with E-state index in [1.54, 1.807) is 50.7 Å². The number of pyridine rings is 1. The van der Waals surface area contributed by atoms with Crippen LogP contribution >= 0.6 is 0 Å². The molecule has 1 aromatic heterocycles. The standard InChI is InChI=1S/C22H23N3O3/c1-14-6-5-7-18(15(14)2)24-21-11-8-16(13-23-21)22(26)25-19-10-9-17(27-3)12-20(19)28-4/h5-13H,1-4H3,(H,23,24)(H,25,26). The van der Waals surface area contributed by atoms with Crippen LogP contribution in [0.25, 0.3) is 0 Å². The van der Waals surface area contributed by atoms with Gasteiger partial charge < -0.3 is 20.1 Å². The Morgan fingerprint density at radius 1 is 0.964 bits per heavy atom. The molecule has 0 fully saturated rings. The first kappa shape index (κ1) is 19.2. The molecule has 0 saturated heterocycles. The highest BCUT2D eigenvalue weighted by molar-refractivity contribution is 6.05. The molecule has 0 aliphatic heterocycles. The maximum absolute atomic E-state index is 12.5. The Kier molecular flexibility index (Phi) is 5.79. The van der Waals surface area contributed by atoms with Crippen molar-refractivity contribution in [3.05, 3.63) is 71.4 Å². The molecule has 0 aliphatic rings. The molecule has 0 radical (unpaired) electrons. The molecule has 6 heteroatoms. The van der Waals surface area contributed by atoms with E-state index in [2.05, 4.69) is 35.5 Å². The molecule has 2 aromatic carbocycles. The molecule has 0 unspecified atom stereocenters. The topological polar surface area (TPSA) is 72.5 Å². The van der Waals surface area contributed by atoms with Crippen LogP contribution in [0.3, 0.4) is 0 Å². The molecule has 0 saturated carbocycles. The fourth-order valence-corrected chi connectivity index (χ4v) is 2.72. The summed E-state index contributed by atoms with van der Waals surface area (Å²) in [6, 6.07) is 14.8. The molecule has 1 heterocycles. The van der Waals surface area contributed by atoms with E-state index in [4.69, 9.17) is 9.47 Å². The van der Waals surface area contributed by atoms with E-state index in [0.717, 1.165) is 11.3 Å². The van der Waals surface area contributed by atoms with Crippen LogP contribution in [0.1, 0.15) is 21.5 Å². The Morgan fingerprint density at radius 2 is 1.79 bits per heavy atom. The van der Waals surface area contributed by atoms with Crippen molar-refractivity contribution in [1.29, 1.82) is 0 Å². The number of benzene rings is 2. The Balaban J connectivity index is 1.73. The summed E-state index contributed by atoms with van der Waals surface area (Å²) < 4.78 is 10.5. The predicted octanol–water partition coefficient (Wildman–Crippen LogP) is 4.71. The van der Waals surface area contributed by atoms with E-state index >= 15 is 0 Å². The first-order chi connectivity index (χ1) is 13.5. The lowest BCUT2D eigenvalue weighted by atomic mass is 10.1. The third kappa shape index (κ3) is 4.23. The summed E-state index contributed by atoms with van der Waals surface area (Å²) in [4.78, 5) is 16.9. The number of aromatic nitrogens is 1. The van der Waals surface area contributed by atoms with Crippen LogP contribution in [-0.2, 0) is 0 Å². The second kappa shape index (κ2) is 8.43. The lowest BCUT2D eigenvalue weighted by Gasteiger charge is -2.12. The Hall–Kier alpha value is -3.54. The van der Waals surface area contributed by atoms with Gasteiger partial charge in [0.15, 0.2) is 0 Å². The van der Waals surface area contributed by atoms with Gasteiger partial charge >= 0.3 is 0 Å². The Bertz CT molecular complexity index is 985. The summed E-state index contributed by atoms with van der Waals surface area (Å²) in [7, 11) is 3.12. The van der Waals surface area contributed by atoms with Crippen molar-refractivity contribution in [2.45, 2.75) is 13.8 Å². The van der Waals surface area contributed by atoms with Gasteiger partial charge in [-0.05, 0) is 55.3 Å². The number of nitrogens with one attached hydrogen (secondary N) is 2. The van der Waals surface area contributed by atoms with Crippen molar-refractivity contribution >= 4 is 23.1 Å². The molecule has 0 spiro atoms. The first-order valence-corrected chi connectivity index (χ1v) is 8.84. The zero-order valence-electron chi connectivity index (χ0n) is 16.4. The molecule has 6 nitrogen and oxygen atoms in total. The first-order valence-electron chi connectivity index (χ1n) is 8.84. The van der Waals surface area contributed by atoms with Gasteiger partial charge in [0.25, 0.3) is 5.91 Å². The lowest BCUT2D eigenvalue weighted by Crippen LogP contribution is -2.13. The number of methoxy groups -OCH3 is 2. The third-order valence-corrected chi connectivity index (χ3v) is 4.55. The second-order valence-corrected chi connectivity index (χ2v) is 6.32. The van der Waals surface area contributed by atoms with Gasteiger partial charge in [0.2, 0.25) is 0 Å². The number of hydrogen-bond donors (Lipinski definition) is 2. The average Bonchev–Trinajstić information content (AvgIpc) is 2.72. The maximum Gasteiger partial charge on any atom is 0.257 e. The molecule has 28 heavy (non-hydrogen) atoms. The fraction of sp³-hybridized carbons (Fsp3) is 0.182. The summed E-state index contributed by atoms with van der Waals surface area (Å²) in [5.74, 6) is 1.58. The lowest BCUT2D eigenvalue weighted by molar-refractivity contribution is 0.102. The monoisotopic (exact) mass is 377 g/mol. The Labute approximate surface area is 164 Å². The van der Waals surface area contributed by atoms with Crippen molar-refractivity contribution < 1.29 is 14.3 Å². The number of anilines is 3. The smallest absolute Gasteiger partial charge is 0.257 e. The van der Waals surface area contributed by atoms with Crippen LogP contribution < -0.4 is 20.1 Å². The van der Waals surface area contributed by atoms with Crippen molar-refractivity contribution in [2.24, 2.45) is 0 Å². The van der Waals surface area contributed by atoms with Crippen molar-refractivity contribution in [2.75, 3.05) is 24.9 Å². The third-order valence-electron chi connectivity index (χ3n) is 4.55. The minimum Gasteiger partial charge on any atom is -0.497 e.